The molecule has 2 nitrogen and oxygen atoms in total. The Balaban J connectivity index is 2.21. The van der Waals surface area contributed by atoms with Crippen molar-refractivity contribution in [1.29, 1.82) is 0 Å². The Hall–Kier alpha value is -1.14. The molecule has 0 radical (unpaired) electrons. The predicted octanol–water partition coefficient (Wildman–Crippen LogP) is 2.64. The van der Waals surface area contributed by atoms with E-state index in [2.05, 4.69) is 5.32 Å². The van der Waals surface area contributed by atoms with E-state index in [0.717, 1.165) is 19.2 Å². The highest BCUT2D eigenvalue weighted by Gasteiger charge is 2.35. The molecule has 0 bridgehead atoms. The summed E-state index contributed by atoms with van der Waals surface area (Å²) in [6.07, 6.45) is -4.64. The number of nitrogens with zero attached hydrogens (tertiary/aromatic N) is 1. The third-order valence-electron chi connectivity index (χ3n) is 3.40. The second-order valence-electron chi connectivity index (χ2n) is 4.80. The first-order valence-electron chi connectivity index (χ1n) is 6.19. The maximum Gasteiger partial charge on any atom is 0.419 e. The summed E-state index contributed by atoms with van der Waals surface area (Å²) in [5, 5.41) is 3.19. The van der Waals surface area contributed by atoms with Gasteiger partial charge in [-0.15, -0.1) is 0 Å². The molecule has 1 N–H and O–H groups in total. The van der Waals surface area contributed by atoms with E-state index in [1.165, 1.54) is 12.1 Å². The molecular formula is C13H16F4N2. The van der Waals surface area contributed by atoms with Crippen molar-refractivity contribution in [1.82, 2.24) is 10.2 Å². The van der Waals surface area contributed by atoms with Crippen LogP contribution in [0.25, 0.3) is 0 Å². The van der Waals surface area contributed by atoms with E-state index in [-0.39, 0.29) is 18.2 Å². The topological polar surface area (TPSA) is 15.3 Å². The zero-order chi connectivity index (χ0) is 14.0. The minimum Gasteiger partial charge on any atom is -0.314 e. The molecule has 0 amide bonds. The lowest BCUT2D eigenvalue weighted by Gasteiger charge is -2.34. The van der Waals surface area contributed by atoms with Gasteiger partial charge in [0, 0.05) is 37.8 Å². The summed E-state index contributed by atoms with van der Waals surface area (Å²) in [7, 11) is 0. The first-order chi connectivity index (χ1) is 8.89. The molecule has 1 aromatic carbocycles. The molecule has 0 aromatic heterocycles. The van der Waals surface area contributed by atoms with E-state index >= 15 is 0 Å². The Morgan fingerprint density at radius 3 is 2.74 bits per heavy atom. The Morgan fingerprint density at radius 2 is 2.11 bits per heavy atom. The molecule has 106 valence electrons. The normalized spacial score (nSPS) is 21.6. The smallest absolute Gasteiger partial charge is 0.314 e. The van der Waals surface area contributed by atoms with Crippen LogP contribution in [0.3, 0.4) is 0 Å². The third kappa shape index (κ3) is 3.25. The first kappa shape index (κ1) is 14.3. The molecule has 2 rings (SSSR count). The Bertz CT molecular complexity index is 445. The largest absolute Gasteiger partial charge is 0.419 e. The number of hydrogen-bond acceptors (Lipinski definition) is 2. The average molecular weight is 276 g/mol. The molecule has 1 aliphatic heterocycles. The Kier molecular flexibility index (Phi) is 4.10. The number of nitrogens with one attached hydrogen (secondary N) is 1. The number of rotatable bonds is 2. The zero-order valence-electron chi connectivity index (χ0n) is 10.6. The predicted molar refractivity (Wildman–Crippen MR) is 64.1 cm³/mol. The Labute approximate surface area is 109 Å². The molecule has 1 atom stereocenters. The van der Waals surface area contributed by atoms with Crippen LogP contribution in [0.5, 0.6) is 0 Å². The van der Waals surface area contributed by atoms with Crippen molar-refractivity contribution in [2.75, 3.05) is 19.6 Å². The number of piperazine rings is 1. The minimum absolute atomic E-state index is 0.101. The van der Waals surface area contributed by atoms with Crippen LogP contribution in [0.2, 0.25) is 0 Å². The highest BCUT2D eigenvalue weighted by atomic mass is 19.4. The van der Waals surface area contributed by atoms with E-state index in [0.29, 0.717) is 6.54 Å². The van der Waals surface area contributed by atoms with E-state index in [9.17, 15) is 17.6 Å². The summed E-state index contributed by atoms with van der Waals surface area (Å²) in [5.41, 5.74) is -1.09. The number of alkyl halides is 3. The van der Waals surface area contributed by atoms with Gasteiger partial charge in [-0.3, -0.25) is 4.90 Å². The van der Waals surface area contributed by atoms with Crippen molar-refractivity contribution in [2.24, 2.45) is 0 Å². The number of hydrogen-bond donors (Lipinski definition) is 1. The van der Waals surface area contributed by atoms with Crippen molar-refractivity contribution in [3.8, 4) is 0 Å². The zero-order valence-corrected chi connectivity index (χ0v) is 10.6. The van der Waals surface area contributed by atoms with Gasteiger partial charge >= 0.3 is 6.18 Å². The van der Waals surface area contributed by atoms with Gasteiger partial charge in [0.1, 0.15) is 5.82 Å². The van der Waals surface area contributed by atoms with Crippen molar-refractivity contribution < 1.29 is 17.6 Å². The van der Waals surface area contributed by atoms with Gasteiger partial charge in [-0.05, 0) is 13.0 Å². The number of halogens is 4. The fourth-order valence-corrected chi connectivity index (χ4v) is 2.26. The van der Waals surface area contributed by atoms with E-state index in [1.54, 1.807) is 0 Å². The quantitative estimate of drug-likeness (QED) is 0.835. The van der Waals surface area contributed by atoms with Crippen LogP contribution < -0.4 is 5.32 Å². The lowest BCUT2D eigenvalue weighted by atomic mass is 10.1. The molecule has 1 fully saturated rings. The lowest BCUT2D eigenvalue weighted by Crippen LogP contribution is -2.49. The maximum atomic E-state index is 13.9. The summed E-state index contributed by atoms with van der Waals surface area (Å²) in [5.74, 6) is -1.15. The average Bonchev–Trinajstić information content (AvgIpc) is 2.33. The van der Waals surface area contributed by atoms with Gasteiger partial charge in [-0.2, -0.15) is 13.2 Å². The van der Waals surface area contributed by atoms with Crippen molar-refractivity contribution in [3.05, 3.63) is 35.1 Å². The summed E-state index contributed by atoms with van der Waals surface area (Å²) in [6, 6.07) is 3.63. The molecule has 1 saturated heterocycles. The molecule has 0 saturated carbocycles. The van der Waals surface area contributed by atoms with Gasteiger partial charge in [0.15, 0.2) is 0 Å². The fraction of sp³-hybridized carbons (Fsp3) is 0.538. The van der Waals surface area contributed by atoms with E-state index in [1.807, 2.05) is 11.8 Å². The van der Waals surface area contributed by atoms with Crippen LogP contribution in [0, 0.1) is 5.82 Å². The summed E-state index contributed by atoms with van der Waals surface area (Å²) in [4.78, 5) is 1.98. The maximum absolute atomic E-state index is 13.9. The lowest BCUT2D eigenvalue weighted by molar-refractivity contribution is -0.140. The molecule has 1 aliphatic rings. The standard InChI is InChI=1S/C13H16F4N2/c1-9-7-18-5-6-19(9)8-10-3-2-4-11(12(10)14)13(15,16)17/h2-4,9,18H,5-8H2,1H3. The van der Waals surface area contributed by atoms with E-state index in [4.69, 9.17) is 0 Å². The van der Waals surface area contributed by atoms with Crippen LogP contribution in [0.1, 0.15) is 18.1 Å². The van der Waals surface area contributed by atoms with Crippen LogP contribution in [0.15, 0.2) is 18.2 Å². The molecule has 19 heavy (non-hydrogen) atoms. The number of benzene rings is 1. The molecule has 1 unspecified atom stereocenters. The van der Waals surface area contributed by atoms with Crippen molar-refractivity contribution >= 4 is 0 Å². The monoisotopic (exact) mass is 276 g/mol. The molecule has 1 heterocycles. The highest BCUT2D eigenvalue weighted by molar-refractivity contribution is 5.28. The second-order valence-corrected chi connectivity index (χ2v) is 4.80. The van der Waals surface area contributed by atoms with Gasteiger partial charge < -0.3 is 5.32 Å². The Morgan fingerprint density at radius 1 is 1.37 bits per heavy atom. The molecule has 6 heteroatoms. The van der Waals surface area contributed by atoms with Crippen LogP contribution in [-0.4, -0.2) is 30.6 Å². The molecule has 0 spiro atoms. The van der Waals surface area contributed by atoms with Crippen LogP contribution in [-0.2, 0) is 12.7 Å². The summed E-state index contributed by atoms with van der Waals surface area (Å²) in [6.45, 7) is 4.42. The first-order valence-corrected chi connectivity index (χ1v) is 6.19. The van der Waals surface area contributed by atoms with Crippen LogP contribution in [0.4, 0.5) is 17.6 Å². The van der Waals surface area contributed by atoms with E-state index < -0.39 is 17.6 Å². The van der Waals surface area contributed by atoms with Crippen LogP contribution >= 0.6 is 0 Å². The highest BCUT2D eigenvalue weighted by Crippen LogP contribution is 2.32. The molecular weight excluding hydrogens is 260 g/mol. The fourth-order valence-electron chi connectivity index (χ4n) is 2.26. The van der Waals surface area contributed by atoms with Crippen molar-refractivity contribution in [2.45, 2.75) is 25.7 Å². The third-order valence-corrected chi connectivity index (χ3v) is 3.40. The molecule has 1 aromatic rings. The minimum atomic E-state index is -4.64. The summed E-state index contributed by atoms with van der Waals surface area (Å²) >= 11 is 0. The van der Waals surface area contributed by atoms with Gasteiger partial charge in [0.25, 0.3) is 0 Å². The SMILES string of the molecule is CC1CNCCN1Cc1cccc(C(F)(F)F)c1F. The van der Waals surface area contributed by atoms with Crippen molar-refractivity contribution in [3.63, 3.8) is 0 Å². The molecule has 0 aliphatic carbocycles. The van der Waals surface area contributed by atoms with Gasteiger partial charge in [-0.25, -0.2) is 4.39 Å². The summed E-state index contributed by atoms with van der Waals surface area (Å²) < 4.78 is 51.7. The van der Waals surface area contributed by atoms with Gasteiger partial charge in [0.05, 0.1) is 5.56 Å². The second kappa shape index (κ2) is 5.46. The van der Waals surface area contributed by atoms with Gasteiger partial charge in [0.2, 0.25) is 0 Å². The van der Waals surface area contributed by atoms with Gasteiger partial charge in [-0.1, -0.05) is 12.1 Å².